The lowest BCUT2D eigenvalue weighted by Crippen LogP contribution is -2.31. The van der Waals surface area contributed by atoms with Crippen LogP contribution in [0.4, 0.5) is 0 Å². The molecular formula is C21H17NO5. The lowest BCUT2D eigenvalue weighted by Gasteiger charge is -2.12. The fourth-order valence-electron chi connectivity index (χ4n) is 2.85. The molecule has 0 radical (unpaired) electrons. The number of hydrogen-bond acceptors (Lipinski definition) is 5. The molecule has 27 heavy (non-hydrogen) atoms. The number of furan rings is 1. The molecule has 0 bridgehead atoms. The standard InChI is InChI=1S/C21H17NO5/c1-13(18-10-15-4-2-3-5-17(15)26-18)22-20(23)12-25-16-8-6-14-7-9-21(24)27-19(14)11-16/h2-11,13H,12H2,1H3,(H,22,23)/t13-/m0/s1. The first-order chi connectivity index (χ1) is 13.1. The van der Waals surface area contributed by atoms with E-state index in [9.17, 15) is 9.59 Å². The molecule has 0 fully saturated rings. The van der Waals surface area contributed by atoms with E-state index in [0.717, 1.165) is 16.4 Å². The van der Waals surface area contributed by atoms with Crippen molar-refractivity contribution in [1.82, 2.24) is 5.32 Å². The third kappa shape index (κ3) is 3.69. The maximum absolute atomic E-state index is 12.2. The number of ether oxygens (including phenoxy) is 1. The van der Waals surface area contributed by atoms with Crippen molar-refractivity contribution in [3.63, 3.8) is 0 Å². The number of carbonyl (C=O) groups is 1. The van der Waals surface area contributed by atoms with Crippen molar-refractivity contribution in [3.05, 3.63) is 76.8 Å². The zero-order valence-electron chi connectivity index (χ0n) is 14.6. The number of benzene rings is 2. The molecule has 2 heterocycles. The van der Waals surface area contributed by atoms with Crippen LogP contribution in [-0.2, 0) is 4.79 Å². The van der Waals surface area contributed by atoms with Crippen LogP contribution in [0.15, 0.2) is 74.3 Å². The van der Waals surface area contributed by atoms with Crippen LogP contribution in [0.1, 0.15) is 18.7 Å². The second-order valence-corrected chi connectivity index (χ2v) is 6.22. The van der Waals surface area contributed by atoms with E-state index in [1.54, 1.807) is 24.3 Å². The van der Waals surface area contributed by atoms with Crippen LogP contribution in [0.3, 0.4) is 0 Å². The van der Waals surface area contributed by atoms with Gasteiger partial charge >= 0.3 is 5.63 Å². The number of hydrogen-bond donors (Lipinski definition) is 1. The van der Waals surface area contributed by atoms with Gasteiger partial charge in [0.1, 0.15) is 22.7 Å². The molecule has 1 amide bonds. The molecule has 0 unspecified atom stereocenters. The predicted octanol–water partition coefficient (Wildman–Crippen LogP) is 3.80. The number of para-hydroxylation sites is 1. The molecule has 0 aliphatic carbocycles. The second kappa shape index (κ2) is 6.99. The van der Waals surface area contributed by atoms with E-state index < -0.39 is 5.63 Å². The molecule has 0 saturated heterocycles. The van der Waals surface area contributed by atoms with E-state index in [4.69, 9.17) is 13.6 Å². The minimum Gasteiger partial charge on any atom is -0.484 e. The number of nitrogens with one attached hydrogen (secondary N) is 1. The Morgan fingerprint density at radius 2 is 1.81 bits per heavy atom. The van der Waals surface area contributed by atoms with Gasteiger partial charge in [0.15, 0.2) is 6.61 Å². The summed E-state index contributed by atoms with van der Waals surface area (Å²) in [5, 5.41) is 4.61. The summed E-state index contributed by atoms with van der Waals surface area (Å²) in [7, 11) is 0. The maximum atomic E-state index is 12.2. The Morgan fingerprint density at radius 3 is 2.67 bits per heavy atom. The SMILES string of the molecule is C[C@H](NC(=O)COc1ccc2ccc(=O)oc2c1)c1cc2ccccc2o1. The zero-order chi connectivity index (χ0) is 18.8. The largest absolute Gasteiger partial charge is 0.484 e. The zero-order valence-corrected chi connectivity index (χ0v) is 14.6. The van der Waals surface area contributed by atoms with Crippen LogP contribution in [0.25, 0.3) is 21.9 Å². The topological polar surface area (TPSA) is 81.7 Å². The number of carbonyl (C=O) groups excluding carboxylic acids is 1. The summed E-state index contributed by atoms with van der Waals surface area (Å²) in [6, 6.07) is 17.4. The van der Waals surface area contributed by atoms with Crippen molar-refractivity contribution >= 4 is 27.8 Å². The van der Waals surface area contributed by atoms with Crippen LogP contribution in [0.5, 0.6) is 5.75 Å². The Balaban J connectivity index is 1.39. The molecule has 2 aromatic carbocycles. The van der Waals surface area contributed by atoms with Crippen LogP contribution in [0.2, 0.25) is 0 Å². The Bertz CT molecular complexity index is 1140. The normalized spacial score (nSPS) is 12.2. The van der Waals surface area contributed by atoms with E-state index in [1.165, 1.54) is 6.07 Å². The van der Waals surface area contributed by atoms with Crippen LogP contribution < -0.4 is 15.7 Å². The molecule has 6 nitrogen and oxygen atoms in total. The Hall–Kier alpha value is -3.54. The minimum absolute atomic E-state index is 0.160. The molecular weight excluding hydrogens is 346 g/mol. The molecule has 0 saturated carbocycles. The van der Waals surface area contributed by atoms with Crippen molar-refractivity contribution in [3.8, 4) is 5.75 Å². The second-order valence-electron chi connectivity index (χ2n) is 6.22. The highest BCUT2D eigenvalue weighted by atomic mass is 16.5. The summed E-state index contributed by atoms with van der Waals surface area (Å²) >= 11 is 0. The Kier molecular flexibility index (Phi) is 4.38. The molecule has 4 aromatic rings. The molecule has 4 rings (SSSR count). The van der Waals surface area contributed by atoms with Crippen molar-refractivity contribution in [2.45, 2.75) is 13.0 Å². The highest BCUT2D eigenvalue weighted by Crippen LogP contribution is 2.23. The lowest BCUT2D eigenvalue weighted by atomic mass is 10.2. The third-order valence-electron chi connectivity index (χ3n) is 4.21. The molecule has 0 aliphatic rings. The minimum atomic E-state index is -0.433. The Labute approximate surface area is 154 Å². The summed E-state index contributed by atoms with van der Waals surface area (Å²) in [4.78, 5) is 23.5. The molecule has 0 aliphatic heterocycles. The third-order valence-corrected chi connectivity index (χ3v) is 4.21. The highest BCUT2D eigenvalue weighted by Gasteiger charge is 2.14. The highest BCUT2D eigenvalue weighted by molar-refractivity contribution is 5.80. The first kappa shape index (κ1) is 16.9. The summed E-state index contributed by atoms with van der Waals surface area (Å²) < 4.78 is 16.4. The first-order valence-electron chi connectivity index (χ1n) is 8.53. The van der Waals surface area contributed by atoms with Gasteiger partial charge < -0.3 is 18.9 Å². The van der Waals surface area contributed by atoms with Gasteiger partial charge in [0.25, 0.3) is 5.91 Å². The van der Waals surface area contributed by atoms with Crippen LogP contribution in [-0.4, -0.2) is 12.5 Å². The quantitative estimate of drug-likeness (QED) is 0.546. The van der Waals surface area contributed by atoms with Gasteiger partial charge in [-0.15, -0.1) is 0 Å². The van der Waals surface area contributed by atoms with Gasteiger partial charge in [0.2, 0.25) is 0 Å². The fraction of sp³-hybridized carbons (Fsp3) is 0.143. The van der Waals surface area contributed by atoms with Crippen molar-refractivity contribution in [1.29, 1.82) is 0 Å². The van der Waals surface area contributed by atoms with E-state index in [1.807, 2.05) is 37.3 Å². The van der Waals surface area contributed by atoms with E-state index >= 15 is 0 Å². The molecule has 6 heteroatoms. The molecule has 136 valence electrons. The first-order valence-corrected chi connectivity index (χ1v) is 8.53. The van der Waals surface area contributed by atoms with Crippen LogP contribution >= 0.6 is 0 Å². The average Bonchev–Trinajstić information content (AvgIpc) is 3.10. The monoisotopic (exact) mass is 363 g/mol. The molecule has 0 spiro atoms. The van der Waals surface area contributed by atoms with Gasteiger partial charge in [-0.05, 0) is 37.3 Å². The summed E-state index contributed by atoms with van der Waals surface area (Å²) in [6.07, 6.45) is 0. The number of rotatable bonds is 5. The molecule has 1 atom stereocenters. The van der Waals surface area contributed by atoms with Crippen molar-refractivity contribution in [2.24, 2.45) is 0 Å². The summed E-state index contributed by atoms with van der Waals surface area (Å²) in [5.74, 6) is 0.845. The van der Waals surface area contributed by atoms with Gasteiger partial charge in [-0.1, -0.05) is 18.2 Å². The van der Waals surface area contributed by atoms with E-state index in [0.29, 0.717) is 17.1 Å². The van der Waals surface area contributed by atoms with E-state index in [-0.39, 0.29) is 18.6 Å². The fourth-order valence-corrected chi connectivity index (χ4v) is 2.85. The smallest absolute Gasteiger partial charge is 0.336 e. The van der Waals surface area contributed by atoms with Gasteiger partial charge in [0, 0.05) is 22.9 Å². The number of fused-ring (bicyclic) bond motifs is 2. The predicted molar refractivity (Wildman–Crippen MR) is 101 cm³/mol. The van der Waals surface area contributed by atoms with Gasteiger partial charge in [0.05, 0.1) is 6.04 Å². The lowest BCUT2D eigenvalue weighted by molar-refractivity contribution is -0.123. The Morgan fingerprint density at radius 1 is 1.00 bits per heavy atom. The average molecular weight is 363 g/mol. The van der Waals surface area contributed by atoms with Gasteiger partial charge in [-0.3, -0.25) is 4.79 Å². The molecule has 1 N–H and O–H groups in total. The molecule has 2 aromatic heterocycles. The summed E-state index contributed by atoms with van der Waals surface area (Å²) in [6.45, 7) is 1.69. The van der Waals surface area contributed by atoms with Crippen molar-refractivity contribution < 1.29 is 18.4 Å². The number of amides is 1. The van der Waals surface area contributed by atoms with E-state index in [2.05, 4.69) is 5.32 Å². The van der Waals surface area contributed by atoms with Crippen LogP contribution in [0, 0.1) is 0 Å². The van der Waals surface area contributed by atoms with Gasteiger partial charge in [-0.25, -0.2) is 4.79 Å². The maximum Gasteiger partial charge on any atom is 0.336 e. The summed E-state index contributed by atoms with van der Waals surface area (Å²) in [5.41, 5.74) is 0.760. The van der Waals surface area contributed by atoms with Gasteiger partial charge in [-0.2, -0.15) is 0 Å². The van der Waals surface area contributed by atoms with Crippen molar-refractivity contribution in [2.75, 3.05) is 6.61 Å².